The van der Waals surface area contributed by atoms with E-state index in [1.807, 2.05) is 6.07 Å². The van der Waals surface area contributed by atoms with E-state index in [0.717, 1.165) is 37.4 Å². The molecule has 0 amide bonds. The molecule has 2 aromatic rings. The van der Waals surface area contributed by atoms with Crippen LogP contribution >= 0.6 is 0 Å². The lowest BCUT2D eigenvalue weighted by Crippen LogP contribution is -2.39. The Hall–Kier alpha value is -2.66. The first-order valence-electron chi connectivity index (χ1n) is 9.29. The maximum absolute atomic E-state index is 12.5. The maximum atomic E-state index is 12.5. The Balaban J connectivity index is 1.58. The molecule has 1 N–H and O–H groups in total. The molecular formula is C20H25N5O2S. The van der Waals surface area contributed by atoms with Gasteiger partial charge >= 0.3 is 0 Å². The number of hydrogen-bond acceptors (Lipinski definition) is 7. The lowest BCUT2D eigenvalue weighted by molar-refractivity contribution is 0.523. The van der Waals surface area contributed by atoms with Crippen LogP contribution in [0, 0.1) is 11.3 Å². The second-order valence-corrected chi connectivity index (χ2v) is 10.6. The highest BCUT2D eigenvalue weighted by molar-refractivity contribution is 7.92. The molecule has 28 heavy (non-hydrogen) atoms. The number of piperidine rings is 1. The minimum atomic E-state index is -3.44. The molecule has 0 aromatic carbocycles. The summed E-state index contributed by atoms with van der Waals surface area (Å²) >= 11 is 0. The van der Waals surface area contributed by atoms with Gasteiger partial charge in [0, 0.05) is 25.3 Å². The third kappa shape index (κ3) is 4.25. The molecular weight excluding hydrogens is 374 g/mol. The van der Waals surface area contributed by atoms with Gasteiger partial charge < -0.3 is 10.2 Å². The summed E-state index contributed by atoms with van der Waals surface area (Å²) in [6.45, 7) is 6.74. The van der Waals surface area contributed by atoms with E-state index in [2.05, 4.69) is 26.3 Å². The van der Waals surface area contributed by atoms with Crippen molar-refractivity contribution in [2.24, 2.45) is 0 Å². The van der Waals surface area contributed by atoms with Gasteiger partial charge in [-0.2, -0.15) is 5.26 Å². The van der Waals surface area contributed by atoms with Crippen LogP contribution in [0.3, 0.4) is 0 Å². The molecule has 1 aliphatic rings. The first-order chi connectivity index (χ1) is 13.2. The molecule has 3 heterocycles. The molecule has 2 aromatic heterocycles. The van der Waals surface area contributed by atoms with Crippen molar-refractivity contribution >= 4 is 21.3 Å². The number of hydrogen-bond donors (Lipinski definition) is 1. The van der Waals surface area contributed by atoms with Gasteiger partial charge in [-0.05, 0) is 57.9 Å². The van der Waals surface area contributed by atoms with Crippen molar-refractivity contribution in [2.45, 2.75) is 49.4 Å². The Morgan fingerprint density at radius 2 is 1.82 bits per heavy atom. The number of aromatic nitrogens is 2. The van der Waals surface area contributed by atoms with Crippen LogP contribution in [0.25, 0.3) is 0 Å². The number of nitrogens with zero attached hydrogens (tertiary/aromatic N) is 4. The summed E-state index contributed by atoms with van der Waals surface area (Å²) in [7, 11) is -3.44. The minimum absolute atomic E-state index is 0.104. The van der Waals surface area contributed by atoms with Crippen LogP contribution in [0.4, 0.5) is 11.5 Å². The smallest absolute Gasteiger partial charge is 0.200 e. The van der Waals surface area contributed by atoms with Gasteiger partial charge in [-0.3, -0.25) is 0 Å². The van der Waals surface area contributed by atoms with Crippen LogP contribution < -0.4 is 10.2 Å². The lowest BCUT2D eigenvalue weighted by Gasteiger charge is -2.33. The summed E-state index contributed by atoms with van der Waals surface area (Å²) in [5, 5.41) is 12.4. The third-order valence-corrected chi connectivity index (χ3v) is 7.29. The zero-order chi connectivity index (χ0) is 20.4. The second kappa shape index (κ2) is 7.76. The van der Waals surface area contributed by atoms with Crippen molar-refractivity contribution in [1.82, 2.24) is 9.97 Å². The highest BCUT2D eigenvalue weighted by Gasteiger charge is 2.32. The predicted molar refractivity (Wildman–Crippen MR) is 109 cm³/mol. The number of anilines is 2. The molecule has 0 bridgehead atoms. The van der Waals surface area contributed by atoms with E-state index in [9.17, 15) is 8.42 Å². The van der Waals surface area contributed by atoms with Gasteiger partial charge in [0.05, 0.1) is 22.2 Å². The van der Waals surface area contributed by atoms with Crippen LogP contribution in [-0.2, 0) is 9.84 Å². The number of pyridine rings is 2. The van der Waals surface area contributed by atoms with Crippen LogP contribution in [-0.4, -0.2) is 42.3 Å². The summed E-state index contributed by atoms with van der Waals surface area (Å²) in [6.07, 6.45) is 5.05. The Morgan fingerprint density at radius 3 is 2.32 bits per heavy atom. The fourth-order valence-corrected chi connectivity index (χ4v) is 4.13. The molecule has 8 heteroatoms. The summed E-state index contributed by atoms with van der Waals surface area (Å²) in [6, 6.07) is 9.38. The number of nitriles is 1. The topological polar surface area (TPSA) is 99.0 Å². The van der Waals surface area contributed by atoms with E-state index in [0.29, 0.717) is 11.6 Å². The molecule has 0 aliphatic carbocycles. The summed E-state index contributed by atoms with van der Waals surface area (Å²) in [4.78, 5) is 10.7. The van der Waals surface area contributed by atoms with Crippen LogP contribution in [0.5, 0.6) is 0 Å². The minimum Gasteiger partial charge on any atom is -0.381 e. The molecule has 0 radical (unpaired) electrons. The van der Waals surface area contributed by atoms with Crippen LogP contribution in [0.15, 0.2) is 41.7 Å². The molecule has 7 nitrogen and oxygen atoms in total. The molecule has 1 saturated heterocycles. The first-order valence-corrected chi connectivity index (χ1v) is 10.8. The van der Waals surface area contributed by atoms with Crippen molar-refractivity contribution in [3.8, 4) is 6.07 Å². The predicted octanol–water partition coefficient (Wildman–Crippen LogP) is 3.00. The van der Waals surface area contributed by atoms with Gasteiger partial charge in [0.2, 0.25) is 0 Å². The van der Waals surface area contributed by atoms with Gasteiger partial charge in [0.25, 0.3) is 0 Å². The van der Waals surface area contributed by atoms with Gasteiger partial charge in [-0.25, -0.2) is 18.4 Å². The third-order valence-electron chi connectivity index (χ3n) is 4.88. The van der Waals surface area contributed by atoms with Crippen molar-refractivity contribution in [1.29, 1.82) is 5.26 Å². The monoisotopic (exact) mass is 399 g/mol. The quantitative estimate of drug-likeness (QED) is 0.843. The summed E-state index contributed by atoms with van der Waals surface area (Å²) in [5.41, 5.74) is 1.38. The molecule has 0 atom stereocenters. The molecule has 0 saturated carbocycles. The highest BCUT2D eigenvalue weighted by Crippen LogP contribution is 2.25. The lowest BCUT2D eigenvalue weighted by atomic mass is 10.0. The Bertz CT molecular complexity index is 950. The largest absolute Gasteiger partial charge is 0.381 e. The standard InChI is InChI=1S/C20H25N5O2S/c1-20(2,3)28(26,27)19-7-5-17(14-23-19)24-16-8-10-25(11-9-16)18-6-4-15(12-21)13-22-18/h4-7,13-14,16,24H,8-11H2,1-3H3. The van der Waals surface area contributed by atoms with Crippen molar-refractivity contribution < 1.29 is 8.42 Å². The molecule has 0 unspecified atom stereocenters. The molecule has 1 aliphatic heterocycles. The number of rotatable bonds is 4. The first kappa shape index (κ1) is 20.1. The average molecular weight is 400 g/mol. The van der Waals surface area contributed by atoms with Gasteiger partial charge in [-0.15, -0.1) is 0 Å². The fourth-order valence-electron chi connectivity index (χ4n) is 3.07. The summed E-state index contributed by atoms with van der Waals surface area (Å²) in [5.74, 6) is 0.885. The maximum Gasteiger partial charge on any atom is 0.200 e. The molecule has 1 fully saturated rings. The van der Waals surface area contributed by atoms with Crippen molar-refractivity contribution in [3.63, 3.8) is 0 Å². The van der Waals surface area contributed by atoms with E-state index >= 15 is 0 Å². The summed E-state index contributed by atoms with van der Waals surface area (Å²) < 4.78 is 24.0. The van der Waals surface area contributed by atoms with E-state index in [-0.39, 0.29) is 5.03 Å². The van der Waals surface area contributed by atoms with Crippen molar-refractivity contribution in [3.05, 3.63) is 42.2 Å². The van der Waals surface area contributed by atoms with Gasteiger partial charge in [0.15, 0.2) is 14.9 Å². The van der Waals surface area contributed by atoms with Crippen LogP contribution in [0.2, 0.25) is 0 Å². The van der Waals surface area contributed by atoms with E-state index < -0.39 is 14.6 Å². The normalized spacial score (nSPS) is 15.9. The van der Waals surface area contributed by atoms with Crippen molar-refractivity contribution in [2.75, 3.05) is 23.3 Å². The Morgan fingerprint density at radius 1 is 1.11 bits per heavy atom. The zero-order valence-electron chi connectivity index (χ0n) is 16.4. The van der Waals surface area contributed by atoms with Gasteiger partial charge in [-0.1, -0.05) is 0 Å². The van der Waals surface area contributed by atoms with E-state index in [1.165, 1.54) is 0 Å². The Kier molecular flexibility index (Phi) is 5.57. The van der Waals surface area contributed by atoms with Gasteiger partial charge in [0.1, 0.15) is 11.9 Å². The Labute approximate surface area is 166 Å². The fraction of sp³-hybridized carbons (Fsp3) is 0.450. The number of sulfone groups is 1. The van der Waals surface area contributed by atoms with E-state index in [1.54, 1.807) is 51.4 Å². The molecule has 3 rings (SSSR count). The average Bonchev–Trinajstić information content (AvgIpc) is 2.68. The van der Waals surface area contributed by atoms with E-state index in [4.69, 9.17) is 5.26 Å². The number of nitrogens with one attached hydrogen (secondary N) is 1. The molecule has 0 spiro atoms. The zero-order valence-corrected chi connectivity index (χ0v) is 17.2. The SMILES string of the molecule is CC(C)(C)S(=O)(=O)c1ccc(NC2CCN(c3ccc(C#N)cn3)CC2)cn1. The van der Waals surface area contributed by atoms with Crippen LogP contribution in [0.1, 0.15) is 39.2 Å². The highest BCUT2D eigenvalue weighted by atomic mass is 32.2. The second-order valence-electron chi connectivity index (χ2n) is 7.92. The molecule has 148 valence electrons.